The van der Waals surface area contributed by atoms with Gasteiger partial charge in [-0.25, -0.2) is 0 Å². The van der Waals surface area contributed by atoms with Crippen LogP contribution in [0.25, 0.3) is 0 Å². The molecule has 0 atom stereocenters. The minimum absolute atomic E-state index is 0.00468. The Kier molecular flexibility index (Phi) is 5.74. The van der Waals surface area contributed by atoms with Crippen LogP contribution < -0.4 is 0 Å². The Morgan fingerprint density at radius 2 is 1.70 bits per heavy atom. The molecule has 0 unspecified atom stereocenters. The molecule has 1 N–H and O–H groups in total. The van der Waals surface area contributed by atoms with E-state index in [1.165, 1.54) is 4.90 Å². The first kappa shape index (κ1) is 16.2. The highest BCUT2D eigenvalue weighted by Crippen LogP contribution is 2.33. The molecule has 20 heavy (non-hydrogen) atoms. The standard InChI is InChI=1S/C16H23NO3/c1-4-16(5-2,13-9-7-6-8-10-13)15(20)17(3)12-11-14(18)19/h6-10H,4-5,11-12H2,1-3H3,(H,18,19). The zero-order valence-corrected chi connectivity index (χ0v) is 12.4. The lowest BCUT2D eigenvalue weighted by molar-refractivity contribution is -0.140. The summed E-state index contributed by atoms with van der Waals surface area (Å²) in [7, 11) is 1.67. The summed E-state index contributed by atoms with van der Waals surface area (Å²) >= 11 is 0. The Labute approximate surface area is 120 Å². The molecule has 0 aromatic heterocycles. The average molecular weight is 277 g/mol. The van der Waals surface area contributed by atoms with Gasteiger partial charge < -0.3 is 10.0 Å². The number of rotatable bonds is 7. The molecule has 1 amide bonds. The van der Waals surface area contributed by atoms with Gasteiger partial charge in [0.05, 0.1) is 11.8 Å². The number of benzene rings is 1. The molecule has 0 fully saturated rings. The molecule has 0 radical (unpaired) electrons. The largest absolute Gasteiger partial charge is 0.481 e. The highest BCUT2D eigenvalue weighted by atomic mass is 16.4. The average Bonchev–Trinajstić information content (AvgIpc) is 2.47. The van der Waals surface area contributed by atoms with Crippen molar-refractivity contribution in [3.05, 3.63) is 35.9 Å². The molecule has 0 aliphatic carbocycles. The molecule has 0 saturated carbocycles. The van der Waals surface area contributed by atoms with Gasteiger partial charge >= 0.3 is 5.97 Å². The van der Waals surface area contributed by atoms with Crippen molar-refractivity contribution in [1.82, 2.24) is 4.90 Å². The van der Waals surface area contributed by atoms with E-state index in [4.69, 9.17) is 5.11 Å². The predicted octanol–water partition coefficient (Wildman–Crippen LogP) is 2.68. The summed E-state index contributed by atoms with van der Waals surface area (Å²) in [6.07, 6.45) is 1.37. The summed E-state index contributed by atoms with van der Waals surface area (Å²) in [5.41, 5.74) is 0.436. The highest BCUT2D eigenvalue weighted by molar-refractivity contribution is 5.88. The smallest absolute Gasteiger partial charge is 0.305 e. The summed E-state index contributed by atoms with van der Waals surface area (Å²) < 4.78 is 0. The number of nitrogens with zero attached hydrogens (tertiary/aromatic N) is 1. The second-order valence-corrected chi connectivity index (χ2v) is 5.03. The summed E-state index contributed by atoms with van der Waals surface area (Å²) in [4.78, 5) is 25.0. The normalized spacial score (nSPS) is 11.2. The van der Waals surface area contributed by atoms with Crippen LogP contribution in [0, 0.1) is 0 Å². The van der Waals surface area contributed by atoms with Gasteiger partial charge in [0, 0.05) is 13.6 Å². The third-order valence-electron chi connectivity index (χ3n) is 3.95. The van der Waals surface area contributed by atoms with Gasteiger partial charge in [0.1, 0.15) is 0 Å². The van der Waals surface area contributed by atoms with Crippen molar-refractivity contribution in [2.75, 3.05) is 13.6 Å². The number of aliphatic carboxylic acids is 1. The number of hydrogen-bond acceptors (Lipinski definition) is 2. The first-order valence-corrected chi connectivity index (χ1v) is 7.00. The van der Waals surface area contributed by atoms with E-state index in [-0.39, 0.29) is 18.9 Å². The zero-order valence-electron chi connectivity index (χ0n) is 12.4. The molecule has 0 bridgehead atoms. The SMILES string of the molecule is CCC(CC)(C(=O)N(C)CCC(=O)O)c1ccccc1. The molecule has 4 heteroatoms. The maximum atomic E-state index is 12.8. The topological polar surface area (TPSA) is 57.6 Å². The lowest BCUT2D eigenvalue weighted by Gasteiger charge is -2.34. The van der Waals surface area contributed by atoms with E-state index < -0.39 is 11.4 Å². The van der Waals surface area contributed by atoms with Crippen LogP contribution in [0.4, 0.5) is 0 Å². The molecule has 0 aliphatic heterocycles. The molecule has 0 saturated heterocycles. The second-order valence-electron chi connectivity index (χ2n) is 5.03. The van der Waals surface area contributed by atoms with Crippen molar-refractivity contribution in [1.29, 1.82) is 0 Å². The van der Waals surface area contributed by atoms with E-state index >= 15 is 0 Å². The van der Waals surface area contributed by atoms with Gasteiger partial charge in [0.2, 0.25) is 5.91 Å². The number of carbonyl (C=O) groups is 2. The van der Waals surface area contributed by atoms with Gasteiger partial charge in [0.25, 0.3) is 0 Å². The predicted molar refractivity (Wildman–Crippen MR) is 78.6 cm³/mol. The number of hydrogen-bond donors (Lipinski definition) is 1. The Bertz CT molecular complexity index is 452. The quantitative estimate of drug-likeness (QED) is 0.833. The molecule has 0 heterocycles. The summed E-state index contributed by atoms with van der Waals surface area (Å²) in [6.45, 7) is 4.24. The van der Waals surface area contributed by atoms with Crippen molar-refractivity contribution in [2.24, 2.45) is 0 Å². The van der Waals surface area contributed by atoms with Crippen LogP contribution in [0.5, 0.6) is 0 Å². The van der Waals surface area contributed by atoms with E-state index in [1.54, 1.807) is 7.05 Å². The molecule has 1 rings (SSSR count). The van der Waals surface area contributed by atoms with E-state index in [2.05, 4.69) is 0 Å². The van der Waals surface area contributed by atoms with Crippen LogP contribution in [0.2, 0.25) is 0 Å². The summed E-state index contributed by atoms with van der Waals surface area (Å²) in [5.74, 6) is -0.891. The fourth-order valence-electron chi connectivity index (χ4n) is 2.57. The van der Waals surface area contributed by atoms with Crippen LogP contribution >= 0.6 is 0 Å². The Balaban J connectivity index is 3.01. The maximum Gasteiger partial charge on any atom is 0.305 e. The Morgan fingerprint density at radius 3 is 2.15 bits per heavy atom. The number of likely N-dealkylation sites (N-methyl/N-ethyl adjacent to an activating group) is 1. The molecule has 110 valence electrons. The first-order chi connectivity index (χ1) is 9.47. The molecule has 0 spiro atoms. The van der Waals surface area contributed by atoms with Crippen molar-refractivity contribution < 1.29 is 14.7 Å². The van der Waals surface area contributed by atoms with Gasteiger partial charge in [0.15, 0.2) is 0 Å². The fraction of sp³-hybridized carbons (Fsp3) is 0.500. The minimum Gasteiger partial charge on any atom is -0.481 e. The van der Waals surface area contributed by atoms with E-state index in [9.17, 15) is 9.59 Å². The van der Waals surface area contributed by atoms with Crippen molar-refractivity contribution in [3.8, 4) is 0 Å². The van der Waals surface area contributed by atoms with Gasteiger partial charge in [-0.15, -0.1) is 0 Å². The number of carboxylic acids is 1. The summed E-state index contributed by atoms with van der Waals surface area (Å²) in [5, 5.41) is 8.74. The van der Waals surface area contributed by atoms with Gasteiger partial charge in [-0.1, -0.05) is 44.2 Å². The molecule has 1 aromatic rings. The number of carboxylic acid groups (broad SMARTS) is 1. The lowest BCUT2D eigenvalue weighted by Crippen LogP contribution is -2.45. The maximum absolute atomic E-state index is 12.8. The zero-order chi connectivity index (χ0) is 15.2. The van der Waals surface area contributed by atoms with Crippen molar-refractivity contribution in [3.63, 3.8) is 0 Å². The minimum atomic E-state index is -0.886. The van der Waals surface area contributed by atoms with Crippen LogP contribution in [0.1, 0.15) is 38.7 Å². The Hall–Kier alpha value is -1.84. The van der Waals surface area contributed by atoms with Gasteiger partial charge in [-0.2, -0.15) is 0 Å². The molecule has 4 nitrogen and oxygen atoms in total. The van der Waals surface area contributed by atoms with E-state index in [1.807, 2.05) is 44.2 Å². The Morgan fingerprint density at radius 1 is 1.15 bits per heavy atom. The number of amides is 1. The van der Waals surface area contributed by atoms with Gasteiger partial charge in [-0.3, -0.25) is 9.59 Å². The van der Waals surface area contributed by atoms with Crippen LogP contribution in [0.3, 0.4) is 0 Å². The van der Waals surface area contributed by atoms with Crippen molar-refractivity contribution >= 4 is 11.9 Å². The summed E-state index contributed by atoms with van der Waals surface area (Å²) in [6, 6.07) is 9.73. The van der Waals surface area contributed by atoms with E-state index in [0.29, 0.717) is 12.8 Å². The van der Waals surface area contributed by atoms with Crippen LogP contribution in [-0.2, 0) is 15.0 Å². The van der Waals surface area contributed by atoms with Gasteiger partial charge in [-0.05, 0) is 18.4 Å². The fourth-order valence-corrected chi connectivity index (χ4v) is 2.57. The second kappa shape index (κ2) is 7.08. The molecule has 1 aromatic carbocycles. The third kappa shape index (κ3) is 3.38. The van der Waals surface area contributed by atoms with E-state index in [0.717, 1.165) is 5.56 Å². The lowest BCUT2D eigenvalue weighted by atomic mass is 9.74. The molecular weight excluding hydrogens is 254 g/mol. The third-order valence-corrected chi connectivity index (χ3v) is 3.95. The number of carbonyl (C=O) groups excluding carboxylic acids is 1. The molecule has 0 aliphatic rings. The monoisotopic (exact) mass is 277 g/mol. The van der Waals surface area contributed by atoms with Crippen molar-refractivity contribution in [2.45, 2.75) is 38.5 Å². The van der Waals surface area contributed by atoms with Crippen LogP contribution in [0.15, 0.2) is 30.3 Å². The first-order valence-electron chi connectivity index (χ1n) is 7.00. The van der Waals surface area contributed by atoms with Crippen LogP contribution in [-0.4, -0.2) is 35.5 Å². The molecular formula is C16H23NO3. The highest BCUT2D eigenvalue weighted by Gasteiger charge is 2.38.